The van der Waals surface area contributed by atoms with Crippen molar-refractivity contribution in [3.8, 4) is 0 Å². The normalized spacial score (nSPS) is 10.1. The van der Waals surface area contributed by atoms with E-state index in [9.17, 15) is 9.59 Å². The second-order valence-corrected chi connectivity index (χ2v) is 4.17. The van der Waals surface area contributed by atoms with Crippen molar-refractivity contribution in [2.75, 3.05) is 13.2 Å². The first-order chi connectivity index (χ1) is 10.2. The van der Waals surface area contributed by atoms with Crippen LogP contribution in [-0.4, -0.2) is 24.9 Å². The van der Waals surface area contributed by atoms with Crippen molar-refractivity contribution in [2.45, 2.75) is 19.8 Å². The number of rotatable bonds is 8. The summed E-state index contributed by atoms with van der Waals surface area (Å²) in [5, 5.41) is 3.38. The molecule has 0 aliphatic rings. The first-order valence-corrected chi connectivity index (χ1v) is 6.63. The van der Waals surface area contributed by atoms with Gasteiger partial charge in [0.25, 0.3) is 0 Å². The molecular weight excluding hydrogens is 270 g/mol. The number of nitrogens with zero attached hydrogens (tertiary/aromatic N) is 3. The quantitative estimate of drug-likeness (QED) is 0.241. The summed E-state index contributed by atoms with van der Waals surface area (Å²) in [5.41, 5.74) is 9.61. The summed E-state index contributed by atoms with van der Waals surface area (Å²) in [7, 11) is 0. The van der Waals surface area contributed by atoms with Gasteiger partial charge in [0.2, 0.25) is 0 Å². The van der Waals surface area contributed by atoms with E-state index in [1.54, 1.807) is 37.3 Å². The molecule has 0 fully saturated rings. The largest absolute Gasteiger partial charge is 0.466 e. The molecule has 0 aromatic heterocycles. The average molecular weight is 287 g/mol. The Labute approximate surface area is 123 Å². The molecule has 0 amide bonds. The van der Waals surface area contributed by atoms with E-state index in [-0.39, 0.29) is 31.1 Å². The van der Waals surface area contributed by atoms with Crippen LogP contribution in [0.3, 0.4) is 0 Å². The van der Waals surface area contributed by atoms with Crippen molar-refractivity contribution in [1.29, 1.82) is 0 Å². The van der Waals surface area contributed by atoms with E-state index in [1.165, 1.54) is 0 Å². The molecule has 0 spiro atoms. The SMILES string of the molecule is CCOC(=O)CCC(=O)c1ccc(C=CCN=[N+]=[N-])cc1. The van der Waals surface area contributed by atoms with Gasteiger partial charge in [-0.2, -0.15) is 0 Å². The monoisotopic (exact) mass is 287 g/mol. The van der Waals surface area contributed by atoms with Crippen LogP contribution in [0.15, 0.2) is 35.5 Å². The number of esters is 1. The van der Waals surface area contributed by atoms with Crippen LogP contribution in [0.2, 0.25) is 0 Å². The van der Waals surface area contributed by atoms with Gasteiger partial charge in [-0.15, -0.1) is 0 Å². The molecule has 6 nitrogen and oxygen atoms in total. The Kier molecular flexibility index (Phi) is 7.32. The van der Waals surface area contributed by atoms with Crippen LogP contribution in [0, 0.1) is 0 Å². The smallest absolute Gasteiger partial charge is 0.306 e. The van der Waals surface area contributed by atoms with Crippen molar-refractivity contribution in [3.05, 3.63) is 51.9 Å². The Balaban J connectivity index is 2.53. The Morgan fingerprint density at radius 3 is 2.62 bits per heavy atom. The standard InChI is InChI=1S/C15H17N3O3/c1-2-21-15(20)10-9-14(19)13-7-5-12(6-8-13)4-3-11-17-18-16/h3-8H,2,9-11H2,1H3. The van der Waals surface area contributed by atoms with Gasteiger partial charge in [-0.25, -0.2) is 0 Å². The maximum Gasteiger partial charge on any atom is 0.306 e. The molecule has 0 saturated carbocycles. The topological polar surface area (TPSA) is 92.1 Å². The maximum absolute atomic E-state index is 11.9. The van der Waals surface area contributed by atoms with E-state index in [1.807, 2.05) is 6.08 Å². The molecule has 0 aliphatic heterocycles. The van der Waals surface area contributed by atoms with Crippen LogP contribution >= 0.6 is 0 Å². The predicted molar refractivity (Wildman–Crippen MR) is 79.7 cm³/mol. The lowest BCUT2D eigenvalue weighted by atomic mass is 10.0. The number of hydrogen-bond donors (Lipinski definition) is 0. The number of ether oxygens (including phenoxy) is 1. The van der Waals surface area contributed by atoms with Gasteiger partial charge < -0.3 is 4.74 Å². The summed E-state index contributed by atoms with van der Waals surface area (Å²) >= 11 is 0. The first-order valence-electron chi connectivity index (χ1n) is 6.63. The van der Waals surface area contributed by atoms with Crippen molar-refractivity contribution in [3.63, 3.8) is 0 Å². The molecule has 0 bridgehead atoms. The van der Waals surface area contributed by atoms with Crippen LogP contribution in [-0.2, 0) is 9.53 Å². The number of carbonyl (C=O) groups is 2. The third kappa shape index (κ3) is 6.40. The number of Topliss-reactive ketones (excluding diaryl/α,β-unsaturated/α-hetero) is 1. The van der Waals surface area contributed by atoms with Gasteiger partial charge in [-0.1, -0.05) is 41.5 Å². The van der Waals surface area contributed by atoms with E-state index in [2.05, 4.69) is 10.0 Å². The van der Waals surface area contributed by atoms with E-state index in [0.29, 0.717) is 12.2 Å². The van der Waals surface area contributed by atoms with Crippen LogP contribution < -0.4 is 0 Å². The number of azide groups is 1. The minimum absolute atomic E-state index is 0.0901. The fourth-order valence-corrected chi connectivity index (χ4v) is 1.65. The third-order valence-electron chi connectivity index (χ3n) is 2.65. The Morgan fingerprint density at radius 2 is 2.00 bits per heavy atom. The van der Waals surface area contributed by atoms with Crippen molar-refractivity contribution in [1.82, 2.24) is 0 Å². The fourth-order valence-electron chi connectivity index (χ4n) is 1.65. The summed E-state index contributed by atoms with van der Waals surface area (Å²) in [6, 6.07) is 7.01. The molecule has 1 aromatic carbocycles. The minimum atomic E-state index is -0.358. The first kappa shape index (κ1) is 16.5. The van der Waals surface area contributed by atoms with Crippen LogP contribution in [0.1, 0.15) is 35.7 Å². The molecule has 1 aromatic rings. The summed E-state index contributed by atoms with van der Waals surface area (Å²) in [6.45, 7) is 2.34. The molecule has 0 atom stereocenters. The summed E-state index contributed by atoms with van der Waals surface area (Å²) in [4.78, 5) is 25.7. The fraction of sp³-hybridized carbons (Fsp3) is 0.333. The van der Waals surface area contributed by atoms with Gasteiger partial charge in [-0.05, 0) is 18.0 Å². The van der Waals surface area contributed by atoms with E-state index in [4.69, 9.17) is 10.3 Å². The zero-order valence-corrected chi connectivity index (χ0v) is 11.9. The molecular formula is C15H17N3O3. The molecule has 0 saturated heterocycles. The maximum atomic E-state index is 11.9. The van der Waals surface area contributed by atoms with Gasteiger partial charge in [0.1, 0.15) is 0 Å². The molecule has 1 rings (SSSR count). The average Bonchev–Trinajstić information content (AvgIpc) is 2.50. The number of ketones is 1. The summed E-state index contributed by atoms with van der Waals surface area (Å²) < 4.78 is 4.78. The molecule has 110 valence electrons. The Morgan fingerprint density at radius 1 is 1.29 bits per heavy atom. The van der Waals surface area contributed by atoms with E-state index in [0.717, 1.165) is 5.56 Å². The number of hydrogen-bond acceptors (Lipinski definition) is 4. The van der Waals surface area contributed by atoms with Gasteiger partial charge in [0.15, 0.2) is 5.78 Å². The Bertz CT molecular complexity index is 558. The van der Waals surface area contributed by atoms with Gasteiger partial charge in [-0.3, -0.25) is 9.59 Å². The molecule has 0 aliphatic carbocycles. The van der Waals surface area contributed by atoms with Crippen LogP contribution in [0.4, 0.5) is 0 Å². The lowest BCUT2D eigenvalue weighted by molar-refractivity contribution is -0.143. The van der Waals surface area contributed by atoms with Crippen molar-refractivity contribution < 1.29 is 14.3 Å². The van der Waals surface area contributed by atoms with Crippen LogP contribution in [0.25, 0.3) is 16.5 Å². The van der Waals surface area contributed by atoms with Crippen LogP contribution in [0.5, 0.6) is 0 Å². The summed E-state index contributed by atoms with van der Waals surface area (Å²) in [5.74, 6) is -0.448. The van der Waals surface area contributed by atoms with Gasteiger partial charge >= 0.3 is 5.97 Å². The second kappa shape index (κ2) is 9.34. The zero-order chi connectivity index (χ0) is 15.5. The minimum Gasteiger partial charge on any atom is -0.466 e. The predicted octanol–water partition coefficient (Wildman–Crippen LogP) is 3.54. The highest BCUT2D eigenvalue weighted by Gasteiger charge is 2.09. The summed E-state index contributed by atoms with van der Waals surface area (Å²) in [6.07, 6.45) is 3.78. The number of carbonyl (C=O) groups excluding carboxylic acids is 2. The zero-order valence-electron chi connectivity index (χ0n) is 11.9. The second-order valence-electron chi connectivity index (χ2n) is 4.17. The molecule has 0 radical (unpaired) electrons. The highest BCUT2D eigenvalue weighted by atomic mass is 16.5. The molecule has 0 heterocycles. The lowest BCUT2D eigenvalue weighted by Gasteiger charge is -2.02. The van der Waals surface area contributed by atoms with Crippen molar-refractivity contribution >= 4 is 17.8 Å². The highest BCUT2D eigenvalue weighted by molar-refractivity contribution is 5.97. The van der Waals surface area contributed by atoms with E-state index < -0.39 is 0 Å². The van der Waals surface area contributed by atoms with E-state index >= 15 is 0 Å². The lowest BCUT2D eigenvalue weighted by Crippen LogP contribution is -2.07. The molecule has 6 heteroatoms. The highest BCUT2D eigenvalue weighted by Crippen LogP contribution is 2.10. The third-order valence-corrected chi connectivity index (χ3v) is 2.65. The molecule has 0 N–H and O–H groups in total. The van der Waals surface area contributed by atoms with Gasteiger partial charge in [0, 0.05) is 23.4 Å². The Hall–Kier alpha value is -2.59. The molecule has 0 unspecified atom stereocenters. The van der Waals surface area contributed by atoms with Gasteiger partial charge in [0.05, 0.1) is 13.0 Å². The molecule has 21 heavy (non-hydrogen) atoms. The van der Waals surface area contributed by atoms with Crippen molar-refractivity contribution in [2.24, 2.45) is 5.11 Å². The number of benzene rings is 1.